The number of benzene rings is 2. The average molecular weight is 515 g/mol. The zero-order chi connectivity index (χ0) is 23.5. The molecule has 9 heteroatoms. The number of amides is 1. The van der Waals surface area contributed by atoms with Gasteiger partial charge >= 0.3 is 6.18 Å². The highest BCUT2D eigenvalue weighted by molar-refractivity contribution is 9.10. The Bertz CT molecular complexity index is 942. The lowest BCUT2D eigenvalue weighted by molar-refractivity contribution is -0.249. The van der Waals surface area contributed by atoms with Gasteiger partial charge in [0, 0.05) is 36.0 Å². The molecule has 0 bridgehead atoms. The van der Waals surface area contributed by atoms with E-state index in [0.717, 1.165) is 12.5 Å². The van der Waals surface area contributed by atoms with Crippen LogP contribution in [-0.4, -0.2) is 41.5 Å². The Hall–Kier alpha value is -2.10. The third-order valence-corrected chi connectivity index (χ3v) is 6.09. The second-order valence-electron chi connectivity index (χ2n) is 8.24. The molecular formula is C23H26BrF3N2O3. The Balaban J connectivity index is 1.78. The van der Waals surface area contributed by atoms with Gasteiger partial charge in [-0.15, -0.1) is 0 Å². The van der Waals surface area contributed by atoms with Gasteiger partial charge in [0.15, 0.2) is 0 Å². The van der Waals surface area contributed by atoms with Crippen molar-refractivity contribution < 1.29 is 27.8 Å². The summed E-state index contributed by atoms with van der Waals surface area (Å²) in [6.45, 7) is 2.38. The van der Waals surface area contributed by atoms with Crippen molar-refractivity contribution in [1.82, 2.24) is 10.6 Å². The third-order valence-electron chi connectivity index (χ3n) is 5.60. The topological polar surface area (TPSA) is 70.6 Å². The molecule has 174 valence electrons. The smallest absolute Gasteiger partial charge is 0.428 e. The minimum atomic E-state index is -4.57. The summed E-state index contributed by atoms with van der Waals surface area (Å²) in [6.07, 6.45) is -5.55. The number of nitrogens with one attached hydrogen (secondary N) is 2. The number of rotatable bonds is 7. The molecule has 1 amide bonds. The van der Waals surface area contributed by atoms with Crippen molar-refractivity contribution in [3.05, 3.63) is 64.1 Å². The highest BCUT2D eigenvalue weighted by atomic mass is 79.9. The maximum Gasteiger partial charge on any atom is 0.428 e. The van der Waals surface area contributed by atoms with Crippen molar-refractivity contribution in [1.29, 1.82) is 0 Å². The predicted molar refractivity (Wildman–Crippen MR) is 118 cm³/mol. The van der Waals surface area contributed by atoms with Gasteiger partial charge in [0.25, 0.3) is 0 Å². The van der Waals surface area contributed by atoms with Crippen LogP contribution in [0.1, 0.15) is 37.4 Å². The monoisotopic (exact) mass is 514 g/mol. The molecule has 0 saturated heterocycles. The van der Waals surface area contributed by atoms with Crippen molar-refractivity contribution in [3.63, 3.8) is 0 Å². The van der Waals surface area contributed by atoms with Crippen LogP contribution in [0, 0.1) is 0 Å². The minimum absolute atomic E-state index is 0.0116. The quantitative estimate of drug-likeness (QED) is 0.515. The molecule has 0 fully saturated rings. The van der Waals surface area contributed by atoms with Crippen molar-refractivity contribution in [3.8, 4) is 5.75 Å². The van der Waals surface area contributed by atoms with Crippen LogP contribution in [-0.2, 0) is 11.2 Å². The van der Waals surface area contributed by atoms with Gasteiger partial charge in [0.2, 0.25) is 11.5 Å². The molecule has 3 rings (SSSR count). The van der Waals surface area contributed by atoms with Gasteiger partial charge in [-0.1, -0.05) is 46.3 Å². The fourth-order valence-corrected chi connectivity index (χ4v) is 4.22. The van der Waals surface area contributed by atoms with Crippen LogP contribution in [0.15, 0.2) is 53.0 Å². The van der Waals surface area contributed by atoms with Crippen LogP contribution >= 0.6 is 15.9 Å². The summed E-state index contributed by atoms with van der Waals surface area (Å²) in [5.41, 5.74) is -0.861. The molecular weight excluding hydrogens is 489 g/mol. The van der Waals surface area contributed by atoms with E-state index in [0.29, 0.717) is 16.5 Å². The van der Waals surface area contributed by atoms with Crippen molar-refractivity contribution in [2.45, 2.75) is 56.7 Å². The molecule has 0 saturated carbocycles. The Morgan fingerprint density at radius 1 is 1.28 bits per heavy atom. The first-order chi connectivity index (χ1) is 15.0. The fourth-order valence-electron chi connectivity index (χ4n) is 3.84. The van der Waals surface area contributed by atoms with E-state index >= 15 is 0 Å². The van der Waals surface area contributed by atoms with Gasteiger partial charge in [-0.05, 0) is 37.1 Å². The molecule has 2 aromatic carbocycles. The van der Waals surface area contributed by atoms with Gasteiger partial charge in [-0.25, -0.2) is 0 Å². The molecule has 4 atom stereocenters. The van der Waals surface area contributed by atoms with E-state index in [1.165, 1.54) is 13.0 Å². The van der Waals surface area contributed by atoms with E-state index in [2.05, 4.69) is 26.6 Å². The molecule has 32 heavy (non-hydrogen) atoms. The van der Waals surface area contributed by atoms with E-state index in [4.69, 9.17) is 4.74 Å². The third kappa shape index (κ3) is 5.82. The van der Waals surface area contributed by atoms with E-state index in [-0.39, 0.29) is 24.6 Å². The van der Waals surface area contributed by atoms with Gasteiger partial charge < -0.3 is 20.5 Å². The second-order valence-corrected chi connectivity index (χ2v) is 9.16. The number of hydrogen-bond donors (Lipinski definition) is 3. The lowest BCUT2D eigenvalue weighted by atomic mass is 9.87. The first-order valence-electron chi connectivity index (χ1n) is 10.3. The molecule has 2 aromatic rings. The van der Waals surface area contributed by atoms with E-state index in [1.807, 2.05) is 30.3 Å². The second kappa shape index (κ2) is 9.80. The Morgan fingerprint density at radius 3 is 2.59 bits per heavy atom. The minimum Gasteiger partial charge on any atom is -0.478 e. The van der Waals surface area contributed by atoms with Crippen LogP contribution in [0.5, 0.6) is 5.75 Å². The number of ether oxygens (including phenoxy) is 1. The lowest BCUT2D eigenvalue weighted by Crippen LogP contribution is -2.54. The number of alkyl halides is 3. The number of hydrogen-bond acceptors (Lipinski definition) is 4. The predicted octanol–water partition coefficient (Wildman–Crippen LogP) is 4.29. The van der Waals surface area contributed by atoms with Gasteiger partial charge in [0.05, 0.1) is 12.1 Å². The van der Waals surface area contributed by atoms with E-state index in [9.17, 15) is 23.1 Å². The highest BCUT2D eigenvalue weighted by Crippen LogP contribution is 2.47. The number of fused-ring (bicyclic) bond motifs is 1. The Kier molecular flexibility index (Phi) is 7.52. The van der Waals surface area contributed by atoms with Crippen LogP contribution < -0.4 is 15.4 Å². The van der Waals surface area contributed by atoms with Crippen LogP contribution in [0.4, 0.5) is 13.2 Å². The summed E-state index contributed by atoms with van der Waals surface area (Å²) in [5, 5.41) is 16.6. The Morgan fingerprint density at radius 2 is 1.97 bits per heavy atom. The summed E-state index contributed by atoms with van der Waals surface area (Å²) < 4.78 is 47.2. The molecule has 3 N–H and O–H groups in total. The van der Waals surface area contributed by atoms with Crippen LogP contribution in [0.25, 0.3) is 0 Å². The zero-order valence-electron chi connectivity index (χ0n) is 17.7. The van der Waals surface area contributed by atoms with Crippen LogP contribution in [0.3, 0.4) is 0 Å². The first-order valence-corrected chi connectivity index (χ1v) is 11.1. The largest absolute Gasteiger partial charge is 0.478 e. The SMILES string of the molecule is CC(=O)N[C@@H](Cc1ccccc1)[C@@H](O)CN[C@H]1C[C@](C)(C(F)(F)F)Oc2ccc(Br)cc21. The number of carbonyl (C=O) groups is 1. The first kappa shape index (κ1) is 24.5. The summed E-state index contributed by atoms with van der Waals surface area (Å²) in [6, 6.07) is 12.9. The molecule has 1 heterocycles. The van der Waals surface area contributed by atoms with Gasteiger partial charge in [0.1, 0.15) is 5.75 Å². The van der Waals surface area contributed by atoms with Gasteiger partial charge in [-0.2, -0.15) is 13.2 Å². The fraction of sp³-hybridized carbons (Fsp3) is 0.435. The summed E-state index contributed by atoms with van der Waals surface area (Å²) >= 11 is 3.35. The number of aliphatic hydroxyl groups is 1. The summed E-state index contributed by atoms with van der Waals surface area (Å²) in [7, 11) is 0. The molecule has 1 aliphatic heterocycles. The van der Waals surface area contributed by atoms with Crippen LogP contribution in [0.2, 0.25) is 0 Å². The van der Waals surface area contributed by atoms with Crippen molar-refractivity contribution in [2.75, 3.05) is 6.54 Å². The molecule has 0 radical (unpaired) electrons. The van der Waals surface area contributed by atoms with Crippen molar-refractivity contribution in [2.24, 2.45) is 0 Å². The lowest BCUT2D eigenvalue weighted by Gasteiger charge is -2.41. The molecule has 0 aromatic heterocycles. The maximum absolute atomic E-state index is 13.7. The normalized spacial score (nSPS) is 22.4. The summed E-state index contributed by atoms with van der Waals surface area (Å²) in [4.78, 5) is 11.7. The Labute approximate surface area is 193 Å². The molecule has 0 aliphatic carbocycles. The van der Waals surface area contributed by atoms with E-state index in [1.54, 1.807) is 12.1 Å². The zero-order valence-corrected chi connectivity index (χ0v) is 19.3. The maximum atomic E-state index is 13.7. The molecule has 0 unspecified atom stereocenters. The summed E-state index contributed by atoms with van der Waals surface area (Å²) in [5.74, 6) is -0.149. The van der Waals surface area contributed by atoms with E-state index < -0.39 is 30.0 Å². The average Bonchev–Trinajstić information content (AvgIpc) is 2.71. The highest BCUT2D eigenvalue weighted by Gasteiger charge is 2.56. The molecule has 0 spiro atoms. The molecule has 1 aliphatic rings. The standard InChI is InChI=1S/C23H26BrF3N2O3/c1-14(30)29-18(10-15-6-4-3-5-7-15)20(31)13-28-19-12-22(2,23(25,26)27)32-21-9-8-16(24)11-17(19)21/h3-9,11,18-20,28,31H,10,12-13H2,1-2H3,(H,29,30)/t18-,19-,20-,22+/m0/s1. The number of halogens is 4. The van der Waals surface area contributed by atoms with Crippen molar-refractivity contribution >= 4 is 21.8 Å². The molecule has 5 nitrogen and oxygen atoms in total. The van der Waals surface area contributed by atoms with Gasteiger partial charge in [-0.3, -0.25) is 4.79 Å². The number of carbonyl (C=O) groups excluding carboxylic acids is 1. The number of aliphatic hydroxyl groups excluding tert-OH is 1.